The van der Waals surface area contributed by atoms with Gasteiger partial charge in [-0.1, -0.05) is 43.0 Å². The molecule has 0 saturated heterocycles. The molecule has 7 heteroatoms. The van der Waals surface area contributed by atoms with Crippen molar-refractivity contribution in [2.45, 2.75) is 44.3 Å². The lowest BCUT2D eigenvalue weighted by atomic mass is 9.95. The molecule has 0 radical (unpaired) electrons. The number of hydrogen-bond acceptors (Lipinski definition) is 2. The van der Waals surface area contributed by atoms with E-state index in [2.05, 4.69) is 10.3 Å². The summed E-state index contributed by atoms with van der Waals surface area (Å²) in [7, 11) is 0. The van der Waals surface area contributed by atoms with Gasteiger partial charge >= 0.3 is 6.18 Å². The molecule has 4 rings (SSSR count). The van der Waals surface area contributed by atoms with E-state index >= 15 is 0 Å². The fraction of sp³-hybridized carbons (Fsp3) is 0.350. The predicted molar refractivity (Wildman–Crippen MR) is 101 cm³/mol. The van der Waals surface area contributed by atoms with Crippen molar-refractivity contribution in [2.24, 2.45) is 0 Å². The number of hydrogen-bond donors (Lipinski definition) is 1. The van der Waals surface area contributed by atoms with Gasteiger partial charge in [0, 0.05) is 17.8 Å². The maximum atomic E-state index is 12.9. The summed E-state index contributed by atoms with van der Waals surface area (Å²) in [4.78, 5) is 4.64. The third-order valence-corrected chi connectivity index (χ3v) is 5.24. The molecule has 3 nitrogen and oxygen atoms in total. The molecule has 2 aromatic heterocycles. The molecule has 1 saturated carbocycles. The van der Waals surface area contributed by atoms with Crippen molar-refractivity contribution in [1.82, 2.24) is 9.38 Å². The van der Waals surface area contributed by atoms with Crippen LogP contribution in [0.3, 0.4) is 0 Å². The van der Waals surface area contributed by atoms with E-state index in [9.17, 15) is 13.2 Å². The summed E-state index contributed by atoms with van der Waals surface area (Å²) in [6, 6.07) is 9.02. The molecule has 1 aliphatic carbocycles. The van der Waals surface area contributed by atoms with Crippen molar-refractivity contribution >= 4 is 23.1 Å². The number of anilines is 1. The molecule has 0 spiro atoms. The van der Waals surface area contributed by atoms with Gasteiger partial charge in [-0.05, 0) is 37.1 Å². The van der Waals surface area contributed by atoms with Gasteiger partial charge in [0.2, 0.25) is 0 Å². The van der Waals surface area contributed by atoms with Crippen LogP contribution in [0.2, 0.25) is 5.02 Å². The Morgan fingerprint density at radius 3 is 2.37 bits per heavy atom. The summed E-state index contributed by atoms with van der Waals surface area (Å²) in [6.07, 6.45) is 3.15. The van der Waals surface area contributed by atoms with Gasteiger partial charge in [-0.2, -0.15) is 13.2 Å². The molecule has 1 N–H and O–H groups in total. The van der Waals surface area contributed by atoms with Crippen LogP contribution in [0.15, 0.2) is 42.6 Å². The topological polar surface area (TPSA) is 29.3 Å². The molecule has 1 aromatic carbocycles. The second kappa shape index (κ2) is 7.08. The number of halogens is 4. The van der Waals surface area contributed by atoms with Crippen LogP contribution in [0.4, 0.5) is 19.0 Å². The molecular formula is C20H19ClF3N3. The van der Waals surface area contributed by atoms with Crippen molar-refractivity contribution in [2.75, 3.05) is 5.32 Å². The number of imidazole rings is 1. The van der Waals surface area contributed by atoms with Gasteiger partial charge in [0.05, 0.1) is 10.6 Å². The van der Waals surface area contributed by atoms with Crippen molar-refractivity contribution in [3.63, 3.8) is 0 Å². The van der Waals surface area contributed by atoms with E-state index in [-0.39, 0.29) is 0 Å². The molecule has 0 amide bonds. The molecule has 1 fully saturated rings. The number of nitrogens with one attached hydrogen (secondary N) is 1. The SMILES string of the molecule is FC(F)(F)c1ccc(-c2nc3ccc(Cl)cn3c2NC2CCCCC2)cc1. The Morgan fingerprint density at radius 2 is 1.70 bits per heavy atom. The molecule has 0 bridgehead atoms. The monoisotopic (exact) mass is 393 g/mol. The van der Waals surface area contributed by atoms with Gasteiger partial charge in [-0.15, -0.1) is 0 Å². The zero-order valence-electron chi connectivity index (χ0n) is 14.6. The second-order valence-corrected chi connectivity index (χ2v) is 7.38. The van der Waals surface area contributed by atoms with E-state index < -0.39 is 11.7 Å². The third-order valence-electron chi connectivity index (χ3n) is 5.01. The average Bonchev–Trinajstić information content (AvgIpc) is 3.00. The first kappa shape index (κ1) is 18.2. The Kier molecular flexibility index (Phi) is 4.76. The molecule has 2 heterocycles. The number of rotatable bonds is 3. The van der Waals surface area contributed by atoms with Crippen LogP contribution < -0.4 is 5.32 Å². The molecule has 27 heavy (non-hydrogen) atoms. The maximum absolute atomic E-state index is 12.9. The summed E-state index contributed by atoms with van der Waals surface area (Å²) in [6.45, 7) is 0. The van der Waals surface area contributed by atoms with E-state index in [1.807, 2.05) is 10.5 Å². The highest BCUT2D eigenvalue weighted by atomic mass is 35.5. The van der Waals surface area contributed by atoms with Crippen LogP contribution >= 0.6 is 11.6 Å². The molecule has 0 aliphatic heterocycles. The predicted octanol–water partition coefficient (Wildman–Crippen LogP) is 6.42. The first-order chi connectivity index (χ1) is 12.9. The zero-order chi connectivity index (χ0) is 19.0. The number of pyridine rings is 1. The smallest absolute Gasteiger partial charge is 0.367 e. The van der Waals surface area contributed by atoms with E-state index in [4.69, 9.17) is 11.6 Å². The zero-order valence-corrected chi connectivity index (χ0v) is 15.3. The molecule has 1 aliphatic rings. The van der Waals surface area contributed by atoms with Gasteiger partial charge in [-0.3, -0.25) is 4.40 Å². The minimum Gasteiger partial charge on any atom is -0.367 e. The summed E-state index contributed by atoms with van der Waals surface area (Å²) in [5.74, 6) is 0.777. The third kappa shape index (κ3) is 3.76. The Morgan fingerprint density at radius 1 is 1.00 bits per heavy atom. The summed E-state index contributed by atoms with van der Waals surface area (Å²) in [5.41, 5.74) is 1.31. The normalized spacial score (nSPS) is 16.0. The maximum Gasteiger partial charge on any atom is 0.416 e. The molecule has 3 aromatic rings. The molecule has 142 valence electrons. The molecule has 0 unspecified atom stereocenters. The van der Waals surface area contributed by atoms with Crippen molar-refractivity contribution in [1.29, 1.82) is 0 Å². The van der Waals surface area contributed by atoms with Crippen LogP contribution in [0.1, 0.15) is 37.7 Å². The fourth-order valence-corrected chi connectivity index (χ4v) is 3.78. The number of fused-ring (bicyclic) bond motifs is 1. The number of nitrogens with zero attached hydrogens (tertiary/aromatic N) is 2. The van der Waals surface area contributed by atoms with E-state index in [1.165, 1.54) is 31.4 Å². The minimum atomic E-state index is -4.35. The standard InChI is InChI=1S/C20H19ClF3N3/c21-15-10-11-17-26-18(13-6-8-14(9-7-13)20(22,23)24)19(27(17)12-15)25-16-4-2-1-3-5-16/h6-12,16,25H,1-5H2. The second-order valence-electron chi connectivity index (χ2n) is 6.94. The fourth-order valence-electron chi connectivity index (χ4n) is 3.62. The number of benzene rings is 1. The van der Waals surface area contributed by atoms with Gasteiger partial charge in [-0.25, -0.2) is 4.98 Å². The lowest BCUT2D eigenvalue weighted by Crippen LogP contribution is -2.23. The Bertz CT molecular complexity index is 942. The molecule has 0 atom stereocenters. The first-order valence-electron chi connectivity index (χ1n) is 9.03. The lowest BCUT2D eigenvalue weighted by molar-refractivity contribution is -0.137. The minimum absolute atomic E-state index is 0.325. The van der Waals surface area contributed by atoms with Crippen LogP contribution in [-0.4, -0.2) is 15.4 Å². The van der Waals surface area contributed by atoms with Gasteiger partial charge in [0.1, 0.15) is 17.2 Å². The van der Waals surface area contributed by atoms with Gasteiger partial charge in [0.25, 0.3) is 0 Å². The Hall–Kier alpha value is -2.21. The van der Waals surface area contributed by atoms with E-state index in [0.29, 0.717) is 28.0 Å². The van der Waals surface area contributed by atoms with Gasteiger partial charge < -0.3 is 5.32 Å². The van der Waals surface area contributed by atoms with Crippen molar-refractivity contribution in [3.05, 3.63) is 53.2 Å². The number of aromatic nitrogens is 2. The summed E-state index contributed by atoms with van der Waals surface area (Å²) < 4.78 is 40.5. The largest absolute Gasteiger partial charge is 0.416 e. The quantitative estimate of drug-likeness (QED) is 0.556. The Labute approximate surface area is 160 Å². The Balaban J connectivity index is 1.78. The van der Waals surface area contributed by atoms with Crippen LogP contribution in [0.25, 0.3) is 16.9 Å². The average molecular weight is 394 g/mol. The highest BCUT2D eigenvalue weighted by Crippen LogP contribution is 2.35. The van der Waals surface area contributed by atoms with Crippen LogP contribution in [0, 0.1) is 0 Å². The molecular weight excluding hydrogens is 375 g/mol. The summed E-state index contributed by atoms with van der Waals surface area (Å²) in [5, 5.41) is 4.14. The van der Waals surface area contributed by atoms with E-state index in [0.717, 1.165) is 30.8 Å². The number of alkyl halides is 3. The van der Waals surface area contributed by atoms with E-state index in [1.54, 1.807) is 12.3 Å². The van der Waals surface area contributed by atoms with Crippen LogP contribution in [-0.2, 0) is 6.18 Å². The van der Waals surface area contributed by atoms with Crippen LogP contribution in [0.5, 0.6) is 0 Å². The lowest BCUT2D eigenvalue weighted by Gasteiger charge is -2.24. The highest BCUT2D eigenvalue weighted by Gasteiger charge is 2.30. The van der Waals surface area contributed by atoms with Gasteiger partial charge in [0.15, 0.2) is 0 Å². The first-order valence-corrected chi connectivity index (χ1v) is 9.41. The highest BCUT2D eigenvalue weighted by molar-refractivity contribution is 6.30. The van der Waals surface area contributed by atoms with Crippen molar-refractivity contribution < 1.29 is 13.2 Å². The summed E-state index contributed by atoms with van der Waals surface area (Å²) >= 11 is 6.16. The van der Waals surface area contributed by atoms with Crippen molar-refractivity contribution in [3.8, 4) is 11.3 Å².